The second-order valence-electron chi connectivity index (χ2n) is 4.13. The van der Waals surface area contributed by atoms with Gasteiger partial charge in [0, 0.05) is 22.9 Å². The highest BCUT2D eigenvalue weighted by Gasteiger charge is 2.13. The largest absolute Gasteiger partial charge is 0.478 e. The predicted octanol–water partition coefficient (Wildman–Crippen LogP) is 3.22. The Balaban J connectivity index is 2.24. The number of hydrogen-bond donors (Lipinski definition) is 2. The molecule has 0 unspecified atom stereocenters. The van der Waals surface area contributed by atoms with Crippen molar-refractivity contribution in [1.82, 2.24) is 4.57 Å². The Morgan fingerprint density at radius 3 is 2.75 bits per heavy atom. The fourth-order valence-corrected chi connectivity index (χ4v) is 2.27. The topological polar surface area (TPSA) is 71.3 Å². The third-order valence-electron chi connectivity index (χ3n) is 2.86. The van der Waals surface area contributed by atoms with Crippen molar-refractivity contribution in [3.05, 3.63) is 52.3 Å². The second kappa shape index (κ2) is 5.92. The molecule has 0 fully saturated rings. The summed E-state index contributed by atoms with van der Waals surface area (Å²) >= 11 is 3.16. The van der Waals surface area contributed by atoms with Gasteiger partial charge in [0.15, 0.2) is 0 Å². The van der Waals surface area contributed by atoms with Crippen molar-refractivity contribution in [2.75, 3.05) is 5.32 Å². The number of hydrogen-bond acceptors (Lipinski definition) is 2. The van der Waals surface area contributed by atoms with E-state index in [4.69, 9.17) is 5.11 Å². The molecule has 0 aliphatic carbocycles. The molecule has 1 aromatic heterocycles. The summed E-state index contributed by atoms with van der Waals surface area (Å²) in [6.45, 7) is 2.63. The van der Waals surface area contributed by atoms with E-state index >= 15 is 0 Å². The number of rotatable bonds is 4. The summed E-state index contributed by atoms with van der Waals surface area (Å²) in [7, 11) is 0. The summed E-state index contributed by atoms with van der Waals surface area (Å²) in [6, 6.07) is 8.17. The van der Waals surface area contributed by atoms with Gasteiger partial charge in [-0.2, -0.15) is 0 Å². The number of benzene rings is 1. The van der Waals surface area contributed by atoms with Crippen LogP contribution in [0.3, 0.4) is 0 Å². The molecule has 5 nitrogen and oxygen atoms in total. The number of carbonyl (C=O) groups is 2. The van der Waals surface area contributed by atoms with Crippen LogP contribution in [0.15, 0.2) is 41.0 Å². The van der Waals surface area contributed by atoms with Crippen molar-refractivity contribution >= 4 is 33.5 Å². The summed E-state index contributed by atoms with van der Waals surface area (Å²) < 4.78 is 2.28. The van der Waals surface area contributed by atoms with Crippen LogP contribution in [0, 0.1) is 0 Å². The average Bonchev–Trinajstić information content (AvgIpc) is 2.89. The number of nitrogens with one attached hydrogen (secondary N) is 1. The van der Waals surface area contributed by atoms with Gasteiger partial charge in [-0.15, -0.1) is 0 Å². The molecule has 0 radical (unpaired) electrons. The smallest absolute Gasteiger partial charge is 0.336 e. The van der Waals surface area contributed by atoms with E-state index in [9.17, 15) is 9.59 Å². The monoisotopic (exact) mass is 336 g/mol. The van der Waals surface area contributed by atoms with Crippen LogP contribution >= 0.6 is 15.9 Å². The van der Waals surface area contributed by atoms with Crippen molar-refractivity contribution in [3.63, 3.8) is 0 Å². The van der Waals surface area contributed by atoms with E-state index in [1.807, 2.05) is 17.7 Å². The van der Waals surface area contributed by atoms with Crippen molar-refractivity contribution in [3.8, 4) is 0 Å². The molecule has 1 amide bonds. The van der Waals surface area contributed by atoms with E-state index in [0.717, 1.165) is 0 Å². The van der Waals surface area contributed by atoms with Gasteiger partial charge in [-0.05, 0) is 53.2 Å². The van der Waals surface area contributed by atoms with Crippen LogP contribution in [0.5, 0.6) is 0 Å². The number of carbonyl (C=O) groups excluding carboxylic acids is 1. The summed E-state index contributed by atoms with van der Waals surface area (Å²) in [5.41, 5.74) is 1.08. The van der Waals surface area contributed by atoms with Crippen LogP contribution in [0.4, 0.5) is 5.69 Å². The molecule has 0 bridgehead atoms. The average molecular weight is 337 g/mol. The van der Waals surface area contributed by atoms with Gasteiger partial charge in [0.2, 0.25) is 0 Å². The number of aryl methyl sites for hydroxylation is 1. The Hall–Kier alpha value is -2.08. The van der Waals surface area contributed by atoms with Crippen LogP contribution in [-0.4, -0.2) is 21.6 Å². The lowest BCUT2D eigenvalue weighted by molar-refractivity contribution is 0.0695. The molecule has 0 saturated heterocycles. The van der Waals surface area contributed by atoms with E-state index in [-0.39, 0.29) is 11.5 Å². The van der Waals surface area contributed by atoms with Crippen LogP contribution < -0.4 is 5.32 Å². The summed E-state index contributed by atoms with van der Waals surface area (Å²) in [5, 5.41) is 11.7. The minimum Gasteiger partial charge on any atom is -0.478 e. The number of aromatic nitrogens is 1. The number of aromatic carboxylic acids is 1. The van der Waals surface area contributed by atoms with E-state index in [0.29, 0.717) is 22.4 Å². The molecule has 0 aliphatic rings. The van der Waals surface area contributed by atoms with Gasteiger partial charge in [0.25, 0.3) is 5.91 Å². The lowest BCUT2D eigenvalue weighted by Crippen LogP contribution is -2.16. The molecule has 1 heterocycles. The lowest BCUT2D eigenvalue weighted by atomic mass is 10.2. The fraction of sp³-hybridized carbons (Fsp3) is 0.143. The minimum absolute atomic E-state index is 0.105. The number of carboxylic acids is 1. The van der Waals surface area contributed by atoms with Gasteiger partial charge in [0.05, 0.1) is 5.56 Å². The maximum Gasteiger partial charge on any atom is 0.336 e. The molecule has 0 spiro atoms. The van der Waals surface area contributed by atoms with Crippen molar-refractivity contribution in [2.45, 2.75) is 13.5 Å². The number of carboxylic acid groups (broad SMARTS) is 1. The molecule has 0 atom stereocenters. The number of anilines is 1. The first kappa shape index (κ1) is 14.3. The van der Waals surface area contributed by atoms with Gasteiger partial charge >= 0.3 is 5.97 Å². The van der Waals surface area contributed by atoms with Crippen LogP contribution in [-0.2, 0) is 6.54 Å². The Labute approximate surface area is 124 Å². The second-order valence-corrected chi connectivity index (χ2v) is 4.99. The maximum absolute atomic E-state index is 12.1. The first-order valence-corrected chi connectivity index (χ1v) is 6.81. The third-order valence-corrected chi connectivity index (χ3v) is 3.55. The first-order valence-electron chi connectivity index (χ1n) is 6.02. The lowest BCUT2D eigenvalue weighted by Gasteiger charge is -2.09. The minimum atomic E-state index is -1.05. The Kier molecular flexibility index (Phi) is 4.24. The van der Waals surface area contributed by atoms with Crippen molar-refractivity contribution < 1.29 is 14.7 Å². The van der Waals surface area contributed by atoms with Gasteiger partial charge in [-0.3, -0.25) is 4.79 Å². The first-order chi connectivity index (χ1) is 9.52. The van der Waals surface area contributed by atoms with E-state index in [1.54, 1.807) is 24.3 Å². The predicted molar refractivity (Wildman–Crippen MR) is 79.2 cm³/mol. The zero-order chi connectivity index (χ0) is 14.7. The van der Waals surface area contributed by atoms with Crippen LogP contribution in [0.2, 0.25) is 0 Å². The quantitative estimate of drug-likeness (QED) is 0.900. The highest BCUT2D eigenvalue weighted by Crippen LogP contribution is 2.21. The Bertz CT molecular complexity index is 664. The van der Waals surface area contributed by atoms with Crippen molar-refractivity contribution in [2.24, 2.45) is 0 Å². The van der Waals surface area contributed by atoms with E-state index < -0.39 is 5.97 Å². The normalized spacial score (nSPS) is 10.3. The van der Waals surface area contributed by atoms with Crippen LogP contribution in [0.1, 0.15) is 27.8 Å². The molecule has 20 heavy (non-hydrogen) atoms. The Morgan fingerprint density at radius 2 is 2.10 bits per heavy atom. The number of nitrogens with zero attached hydrogens (tertiary/aromatic N) is 1. The molecule has 104 valence electrons. The molecule has 6 heteroatoms. The van der Waals surface area contributed by atoms with E-state index in [1.165, 1.54) is 6.07 Å². The third kappa shape index (κ3) is 2.91. The van der Waals surface area contributed by atoms with Gasteiger partial charge in [-0.25, -0.2) is 4.79 Å². The maximum atomic E-state index is 12.1. The van der Waals surface area contributed by atoms with Gasteiger partial charge in [-0.1, -0.05) is 0 Å². The summed E-state index contributed by atoms with van der Waals surface area (Å²) in [5.74, 6) is -1.32. The van der Waals surface area contributed by atoms with Gasteiger partial charge in [0.1, 0.15) is 5.69 Å². The highest BCUT2D eigenvalue weighted by molar-refractivity contribution is 9.10. The molecular formula is C14H13BrN2O3. The zero-order valence-corrected chi connectivity index (χ0v) is 12.3. The number of amides is 1. The standard InChI is InChI=1S/C14H13BrN2O3/c1-2-17-7-3-4-12(17)13(18)16-9-5-6-11(15)10(8-9)14(19)20/h3-8H,2H2,1H3,(H,16,18)(H,19,20). The molecule has 2 N–H and O–H groups in total. The Morgan fingerprint density at radius 1 is 1.35 bits per heavy atom. The molecular weight excluding hydrogens is 324 g/mol. The molecule has 2 rings (SSSR count). The van der Waals surface area contributed by atoms with Crippen LogP contribution in [0.25, 0.3) is 0 Å². The highest BCUT2D eigenvalue weighted by atomic mass is 79.9. The van der Waals surface area contributed by atoms with E-state index in [2.05, 4.69) is 21.2 Å². The summed E-state index contributed by atoms with van der Waals surface area (Å²) in [4.78, 5) is 23.2. The SMILES string of the molecule is CCn1cccc1C(=O)Nc1ccc(Br)c(C(=O)O)c1. The molecule has 1 aromatic carbocycles. The molecule has 2 aromatic rings. The fourth-order valence-electron chi connectivity index (χ4n) is 1.86. The summed E-state index contributed by atoms with van der Waals surface area (Å²) in [6.07, 6.45) is 1.82. The van der Waals surface area contributed by atoms with Gasteiger partial charge < -0.3 is 15.0 Å². The molecule has 0 saturated carbocycles. The van der Waals surface area contributed by atoms with Crippen molar-refractivity contribution in [1.29, 1.82) is 0 Å². The number of halogens is 1. The molecule has 0 aliphatic heterocycles. The zero-order valence-electron chi connectivity index (χ0n) is 10.8.